The largest absolute Gasteiger partial charge is 0.349 e. The molecule has 3 aliphatic rings. The predicted octanol–water partition coefficient (Wildman–Crippen LogP) is 5.28. The quantitative estimate of drug-likeness (QED) is 0.276. The highest BCUT2D eigenvalue weighted by atomic mass is 19.3. The average molecular weight is 641 g/mol. The Bertz CT molecular complexity index is 1560. The van der Waals surface area contributed by atoms with E-state index in [1.54, 1.807) is 12.4 Å². The molecular weight excluding hydrogens is 606 g/mol. The third-order valence-electron chi connectivity index (χ3n) is 9.10. The molecule has 3 fully saturated rings. The summed E-state index contributed by atoms with van der Waals surface area (Å²) in [4.78, 5) is 31.1. The lowest BCUT2D eigenvalue weighted by atomic mass is 9.77. The maximum absolute atomic E-state index is 14.0. The third-order valence-corrected chi connectivity index (χ3v) is 9.10. The molecule has 3 heterocycles. The van der Waals surface area contributed by atoms with Crippen molar-refractivity contribution in [1.29, 1.82) is 0 Å². The number of nitrogens with zero attached hydrogens (tertiary/aromatic N) is 6. The molecule has 3 atom stereocenters. The number of rotatable bonds is 11. The van der Waals surface area contributed by atoms with Crippen molar-refractivity contribution in [1.82, 2.24) is 40.2 Å². The first-order valence-corrected chi connectivity index (χ1v) is 15.3. The van der Waals surface area contributed by atoms with Crippen LogP contribution in [0.2, 0.25) is 0 Å². The molecule has 6 rings (SSSR count). The van der Waals surface area contributed by atoms with Crippen LogP contribution in [-0.4, -0.2) is 59.2 Å². The van der Waals surface area contributed by atoms with Crippen molar-refractivity contribution in [3.63, 3.8) is 0 Å². The van der Waals surface area contributed by atoms with E-state index in [1.807, 2.05) is 13.0 Å². The summed E-state index contributed by atoms with van der Waals surface area (Å²) in [5, 5.41) is 18.1. The summed E-state index contributed by atoms with van der Waals surface area (Å²) in [5.74, 6) is -13.7. The fourth-order valence-corrected chi connectivity index (χ4v) is 6.26. The zero-order valence-electron chi connectivity index (χ0n) is 24.5. The molecule has 2 amide bonds. The SMILES string of the molecule is CCCC(=O)N[C@@H](c1cnn2cc([C@@H](NC(=O)c3cnn(CC4CC(F)(F)C4(F)F)n3)C3CCC(F)(F)CC3)nc2c1)C1CC1. The fourth-order valence-electron chi connectivity index (χ4n) is 6.26. The minimum absolute atomic E-state index is 0.0496. The van der Waals surface area contributed by atoms with E-state index in [-0.39, 0.29) is 43.3 Å². The first-order chi connectivity index (χ1) is 21.3. The van der Waals surface area contributed by atoms with Gasteiger partial charge in [-0.2, -0.15) is 32.6 Å². The second-order valence-corrected chi connectivity index (χ2v) is 12.5. The number of halogens is 6. The van der Waals surface area contributed by atoms with Crippen LogP contribution in [0, 0.1) is 17.8 Å². The topological polar surface area (TPSA) is 119 Å². The second kappa shape index (κ2) is 11.6. The summed E-state index contributed by atoms with van der Waals surface area (Å²) in [6, 6.07) is 0.777. The van der Waals surface area contributed by atoms with E-state index in [2.05, 4.69) is 25.9 Å². The molecule has 3 aliphatic carbocycles. The van der Waals surface area contributed by atoms with Crippen LogP contribution in [0.25, 0.3) is 5.65 Å². The van der Waals surface area contributed by atoms with Crippen molar-refractivity contribution in [3.8, 4) is 0 Å². The lowest BCUT2D eigenvalue weighted by Gasteiger charge is -2.43. The van der Waals surface area contributed by atoms with Gasteiger partial charge in [0.15, 0.2) is 11.3 Å². The summed E-state index contributed by atoms with van der Waals surface area (Å²) in [7, 11) is 0. The second-order valence-electron chi connectivity index (χ2n) is 12.5. The highest BCUT2D eigenvalue weighted by molar-refractivity contribution is 5.92. The normalized spacial score (nSPS) is 23.7. The summed E-state index contributed by atoms with van der Waals surface area (Å²) >= 11 is 0. The van der Waals surface area contributed by atoms with Gasteiger partial charge in [-0.25, -0.2) is 18.3 Å². The van der Waals surface area contributed by atoms with Crippen molar-refractivity contribution in [3.05, 3.63) is 41.6 Å². The third kappa shape index (κ3) is 6.37. The Morgan fingerprint density at radius 2 is 1.69 bits per heavy atom. The molecule has 3 aromatic heterocycles. The van der Waals surface area contributed by atoms with E-state index in [4.69, 9.17) is 4.98 Å². The summed E-state index contributed by atoms with van der Waals surface area (Å²) < 4.78 is 83.6. The highest BCUT2D eigenvalue weighted by Crippen LogP contribution is 2.55. The van der Waals surface area contributed by atoms with Crippen molar-refractivity contribution in [2.75, 3.05) is 0 Å². The van der Waals surface area contributed by atoms with Gasteiger partial charge in [0.25, 0.3) is 5.91 Å². The minimum atomic E-state index is -4.20. The molecule has 16 heteroatoms. The predicted molar refractivity (Wildman–Crippen MR) is 147 cm³/mol. The Morgan fingerprint density at radius 1 is 0.978 bits per heavy atom. The lowest BCUT2D eigenvalue weighted by molar-refractivity contribution is -0.316. The van der Waals surface area contributed by atoms with Gasteiger partial charge in [-0.3, -0.25) is 9.59 Å². The zero-order chi connectivity index (χ0) is 32.1. The number of imidazole rings is 1. The molecule has 45 heavy (non-hydrogen) atoms. The first kappa shape index (κ1) is 31.3. The molecule has 1 unspecified atom stereocenters. The Morgan fingerprint density at radius 3 is 2.33 bits per heavy atom. The number of aromatic nitrogens is 6. The van der Waals surface area contributed by atoms with Gasteiger partial charge in [-0.05, 0) is 55.6 Å². The molecule has 3 saturated carbocycles. The Kier molecular flexibility index (Phi) is 8.04. The van der Waals surface area contributed by atoms with Gasteiger partial charge < -0.3 is 10.6 Å². The summed E-state index contributed by atoms with van der Waals surface area (Å²) in [6.07, 6.45) is 5.84. The van der Waals surface area contributed by atoms with Gasteiger partial charge in [-0.15, -0.1) is 5.10 Å². The van der Waals surface area contributed by atoms with E-state index in [0.29, 0.717) is 23.7 Å². The highest BCUT2D eigenvalue weighted by Gasteiger charge is 2.71. The smallest absolute Gasteiger partial charge is 0.315 e. The maximum Gasteiger partial charge on any atom is 0.315 e. The van der Waals surface area contributed by atoms with E-state index in [1.165, 1.54) is 4.52 Å². The van der Waals surface area contributed by atoms with Crippen molar-refractivity contribution >= 4 is 17.5 Å². The number of carbonyl (C=O) groups excluding carboxylic acids is 2. The minimum Gasteiger partial charge on any atom is -0.349 e. The average Bonchev–Trinajstić information content (AvgIpc) is 3.56. The molecule has 244 valence electrons. The molecule has 0 spiro atoms. The van der Waals surface area contributed by atoms with Crippen LogP contribution in [0.4, 0.5) is 26.3 Å². The molecule has 0 bridgehead atoms. The van der Waals surface area contributed by atoms with Crippen LogP contribution < -0.4 is 10.6 Å². The van der Waals surface area contributed by atoms with Crippen LogP contribution in [0.5, 0.6) is 0 Å². The van der Waals surface area contributed by atoms with Gasteiger partial charge in [0.2, 0.25) is 11.8 Å². The number of hydrogen-bond donors (Lipinski definition) is 2. The molecule has 10 nitrogen and oxygen atoms in total. The monoisotopic (exact) mass is 640 g/mol. The van der Waals surface area contributed by atoms with Gasteiger partial charge >= 0.3 is 11.8 Å². The molecular formula is C29H34F6N8O2. The van der Waals surface area contributed by atoms with Crippen LogP contribution in [0.3, 0.4) is 0 Å². The number of amides is 2. The number of carbonyl (C=O) groups is 2. The maximum atomic E-state index is 14.0. The Labute approximate surface area is 254 Å². The van der Waals surface area contributed by atoms with Gasteiger partial charge in [0, 0.05) is 25.7 Å². The summed E-state index contributed by atoms with van der Waals surface area (Å²) in [6.45, 7) is 1.33. The molecule has 3 aromatic rings. The Hall–Kier alpha value is -3.72. The van der Waals surface area contributed by atoms with E-state index >= 15 is 0 Å². The summed E-state index contributed by atoms with van der Waals surface area (Å²) in [5.41, 5.74) is 1.37. The molecule has 0 aromatic carbocycles. The van der Waals surface area contributed by atoms with Crippen LogP contribution >= 0.6 is 0 Å². The van der Waals surface area contributed by atoms with E-state index < -0.39 is 54.5 Å². The number of hydrogen-bond acceptors (Lipinski definition) is 6. The number of nitrogens with one attached hydrogen (secondary N) is 2. The van der Waals surface area contributed by atoms with Gasteiger partial charge in [0.05, 0.1) is 48.8 Å². The molecule has 0 aliphatic heterocycles. The van der Waals surface area contributed by atoms with Crippen molar-refractivity contribution < 1.29 is 35.9 Å². The van der Waals surface area contributed by atoms with Crippen molar-refractivity contribution in [2.45, 2.75) is 101 Å². The lowest BCUT2D eigenvalue weighted by Crippen LogP contribution is -2.59. The molecule has 2 N–H and O–H groups in total. The molecule has 0 saturated heterocycles. The number of fused-ring (bicyclic) bond motifs is 1. The zero-order valence-corrected chi connectivity index (χ0v) is 24.5. The van der Waals surface area contributed by atoms with Crippen LogP contribution in [0.15, 0.2) is 24.7 Å². The van der Waals surface area contributed by atoms with E-state index in [9.17, 15) is 35.9 Å². The van der Waals surface area contributed by atoms with Gasteiger partial charge in [-0.1, -0.05) is 6.92 Å². The van der Waals surface area contributed by atoms with E-state index in [0.717, 1.165) is 35.8 Å². The number of alkyl halides is 6. The molecule has 0 radical (unpaired) electrons. The van der Waals surface area contributed by atoms with Crippen LogP contribution in [-0.2, 0) is 11.3 Å². The van der Waals surface area contributed by atoms with Crippen molar-refractivity contribution in [2.24, 2.45) is 17.8 Å². The van der Waals surface area contributed by atoms with Gasteiger partial charge in [0.1, 0.15) is 0 Å². The first-order valence-electron chi connectivity index (χ1n) is 15.3. The standard InChI is InChI=1S/C29H34F6N8O2/c1-2-3-23(44)39-24(16-4-5-16)18-10-22-38-21(15-42(22)36-12-18)25(17-6-8-27(30,31)9-7-17)40-26(45)20-13-37-43(41-20)14-19-11-28(32,33)29(19,34)35/h10,12-13,15-17,19,24-25H,2-9,11,14H2,1H3,(H,39,44)(H,40,45)/t19?,24-,25+/m1/s1. The van der Waals surface area contributed by atoms with Crippen LogP contribution in [0.1, 0.15) is 98.5 Å². The Balaban J connectivity index is 1.22. The fraction of sp³-hybridized carbons (Fsp3) is 0.655.